The first-order valence-electron chi connectivity index (χ1n) is 8.88. The molecule has 0 aliphatic carbocycles. The summed E-state index contributed by atoms with van der Waals surface area (Å²) in [4.78, 5) is 11.1. The van der Waals surface area contributed by atoms with Gasteiger partial charge in [-0.05, 0) is 42.0 Å². The van der Waals surface area contributed by atoms with Crippen molar-refractivity contribution < 1.29 is 23.8 Å². The summed E-state index contributed by atoms with van der Waals surface area (Å²) in [7, 11) is 1.53. The number of carbonyl (C=O) groups is 1. The molecule has 0 aliphatic heterocycles. The van der Waals surface area contributed by atoms with E-state index in [4.69, 9.17) is 26.2 Å². The molecule has 0 aliphatic rings. The van der Waals surface area contributed by atoms with Crippen molar-refractivity contribution in [2.45, 2.75) is 13.2 Å². The second-order valence-electron chi connectivity index (χ2n) is 6.33. The van der Waals surface area contributed by atoms with E-state index in [1.807, 2.05) is 0 Å². The molecular weight excluding hydrogens is 477 g/mol. The Kier molecular flexibility index (Phi) is 7.18. The standard InChI is InChI=1S/C22H18BrClFNO4/c1-29-20-8-14(11-26-15-6-7-16(22(27)28)18(24)9-15)17(23)10-21(20)30-12-13-4-2-3-5-19(13)25/h2-10,26H,11-12H2,1H3,(H,27,28). The van der Waals surface area contributed by atoms with Crippen molar-refractivity contribution in [2.24, 2.45) is 0 Å². The molecule has 5 nitrogen and oxygen atoms in total. The molecule has 0 spiro atoms. The second-order valence-corrected chi connectivity index (χ2v) is 7.59. The van der Waals surface area contributed by atoms with Gasteiger partial charge in [-0.15, -0.1) is 0 Å². The molecule has 30 heavy (non-hydrogen) atoms. The highest BCUT2D eigenvalue weighted by Gasteiger charge is 2.13. The summed E-state index contributed by atoms with van der Waals surface area (Å²) in [5, 5.41) is 12.4. The quantitative estimate of drug-likeness (QED) is 0.394. The minimum atomic E-state index is -1.08. The molecule has 0 bridgehead atoms. The van der Waals surface area contributed by atoms with E-state index >= 15 is 0 Å². The van der Waals surface area contributed by atoms with Gasteiger partial charge in [0.15, 0.2) is 11.5 Å². The number of rotatable bonds is 8. The molecule has 0 amide bonds. The highest BCUT2D eigenvalue weighted by atomic mass is 79.9. The van der Waals surface area contributed by atoms with Gasteiger partial charge in [-0.2, -0.15) is 0 Å². The first-order valence-corrected chi connectivity index (χ1v) is 10.1. The van der Waals surface area contributed by atoms with E-state index in [0.717, 1.165) is 10.0 Å². The largest absolute Gasteiger partial charge is 0.493 e. The number of nitrogens with one attached hydrogen (secondary N) is 1. The molecule has 0 unspecified atom stereocenters. The maximum atomic E-state index is 13.8. The number of hydrogen-bond acceptors (Lipinski definition) is 4. The number of aromatic carboxylic acids is 1. The lowest BCUT2D eigenvalue weighted by Gasteiger charge is -2.15. The summed E-state index contributed by atoms with van der Waals surface area (Å²) in [5.41, 5.74) is 2.05. The van der Waals surface area contributed by atoms with Crippen molar-refractivity contribution >= 4 is 39.2 Å². The smallest absolute Gasteiger partial charge is 0.337 e. The van der Waals surface area contributed by atoms with Crippen molar-refractivity contribution in [2.75, 3.05) is 12.4 Å². The van der Waals surface area contributed by atoms with Crippen LogP contribution in [0.4, 0.5) is 10.1 Å². The van der Waals surface area contributed by atoms with Gasteiger partial charge in [0, 0.05) is 22.3 Å². The second kappa shape index (κ2) is 9.82. The Morgan fingerprint density at radius 3 is 2.57 bits per heavy atom. The van der Waals surface area contributed by atoms with Gasteiger partial charge in [0.25, 0.3) is 0 Å². The number of methoxy groups -OCH3 is 1. The summed E-state index contributed by atoms with van der Waals surface area (Å²) in [6.07, 6.45) is 0. The van der Waals surface area contributed by atoms with Crippen LogP contribution < -0.4 is 14.8 Å². The first-order chi connectivity index (χ1) is 14.4. The number of carboxylic acids is 1. The zero-order valence-electron chi connectivity index (χ0n) is 15.9. The van der Waals surface area contributed by atoms with E-state index in [1.54, 1.807) is 42.5 Å². The summed E-state index contributed by atoms with van der Waals surface area (Å²) in [5.74, 6) is -0.426. The first kappa shape index (κ1) is 21.9. The van der Waals surface area contributed by atoms with Gasteiger partial charge in [0.1, 0.15) is 12.4 Å². The Morgan fingerprint density at radius 2 is 1.90 bits per heavy atom. The Hall–Kier alpha value is -2.77. The molecule has 2 N–H and O–H groups in total. The monoisotopic (exact) mass is 493 g/mol. The van der Waals surface area contributed by atoms with Crippen LogP contribution in [0.1, 0.15) is 21.5 Å². The van der Waals surface area contributed by atoms with Crippen molar-refractivity contribution in [3.8, 4) is 11.5 Å². The van der Waals surface area contributed by atoms with E-state index in [9.17, 15) is 9.18 Å². The molecule has 0 saturated heterocycles. The molecule has 3 aromatic carbocycles. The SMILES string of the molecule is COc1cc(CNc2ccc(C(=O)O)c(Cl)c2)c(Br)cc1OCc1ccccc1F. The van der Waals surface area contributed by atoms with Gasteiger partial charge in [-0.25, -0.2) is 9.18 Å². The zero-order chi connectivity index (χ0) is 21.7. The Balaban J connectivity index is 1.73. The molecule has 0 fully saturated rings. The van der Waals surface area contributed by atoms with Crippen LogP contribution in [0.25, 0.3) is 0 Å². The van der Waals surface area contributed by atoms with E-state index in [0.29, 0.717) is 29.3 Å². The summed E-state index contributed by atoms with van der Waals surface area (Å²) >= 11 is 9.53. The normalized spacial score (nSPS) is 10.5. The van der Waals surface area contributed by atoms with Crippen LogP contribution in [0, 0.1) is 5.82 Å². The van der Waals surface area contributed by atoms with Gasteiger partial charge in [0.2, 0.25) is 0 Å². The third-order valence-electron chi connectivity index (χ3n) is 4.36. The molecular formula is C22H18BrClFNO4. The highest BCUT2D eigenvalue weighted by molar-refractivity contribution is 9.10. The van der Waals surface area contributed by atoms with Crippen molar-refractivity contribution in [3.63, 3.8) is 0 Å². The molecule has 0 atom stereocenters. The highest BCUT2D eigenvalue weighted by Crippen LogP contribution is 2.35. The predicted octanol–water partition coefficient (Wildman–Crippen LogP) is 6.14. The van der Waals surface area contributed by atoms with Crippen molar-refractivity contribution in [1.29, 1.82) is 0 Å². The summed E-state index contributed by atoms with van der Waals surface area (Å²) in [6, 6.07) is 14.6. The molecule has 0 heterocycles. The number of carboxylic acid groups (broad SMARTS) is 1. The maximum absolute atomic E-state index is 13.8. The van der Waals surface area contributed by atoms with Crippen LogP contribution in [-0.2, 0) is 13.2 Å². The fourth-order valence-corrected chi connectivity index (χ4v) is 3.48. The number of anilines is 1. The van der Waals surface area contributed by atoms with Crippen LogP contribution in [0.15, 0.2) is 59.1 Å². The lowest BCUT2D eigenvalue weighted by molar-refractivity contribution is 0.0697. The number of halogens is 3. The van der Waals surface area contributed by atoms with Gasteiger partial charge >= 0.3 is 5.97 Å². The topological polar surface area (TPSA) is 67.8 Å². The van der Waals surface area contributed by atoms with Crippen molar-refractivity contribution in [3.05, 3.63) is 86.6 Å². The van der Waals surface area contributed by atoms with Crippen LogP contribution in [0.2, 0.25) is 5.02 Å². The average molecular weight is 495 g/mol. The van der Waals surface area contributed by atoms with Crippen molar-refractivity contribution in [1.82, 2.24) is 0 Å². The van der Waals surface area contributed by atoms with E-state index in [1.165, 1.54) is 19.2 Å². The Labute approximate surface area is 186 Å². The van der Waals surface area contributed by atoms with E-state index in [-0.39, 0.29) is 23.0 Å². The number of ether oxygens (including phenoxy) is 2. The molecule has 3 rings (SSSR count). The summed E-state index contributed by atoms with van der Waals surface area (Å²) in [6.45, 7) is 0.495. The van der Waals surface area contributed by atoms with Crippen LogP contribution in [0.5, 0.6) is 11.5 Å². The fourth-order valence-electron chi connectivity index (χ4n) is 2.75. The van der Waals surface area contributed by atoms with E-state index < -0.39 is 5.97 Å². The average Bonchev–Trinajstić information content (AvgIpc) is 2.72. The van der Waals surface area contributed by atoms with Gasteiger partial charge in [-0.3, -0.25) is 0 Å². The molecule has 0 saturated carbocycles. The Morgan fingerprint density at radius 1 is 1.13 bits per heavy atom. The molecule has 156 valence electrons. The zero-order valence-corrected chi connectivity index (χ0v) is 18.3. The van der Waals surface area contributed by atoms with Crippen LogP contribution in [-0.4, -0.2) is 18.2 Å². The minimum Gasteiger partial charge on any atom is -0.493 e. The molecule has 3 aromatic rings. The summed E-state index contributed by atoms with van der Waals surface area (Å²) < 4.78 is 25.8. The fraction of sp³-hybridized carbons (Fsp3) is 0.136. The van der Waals surface area contributed by atoms with Gasteiger partial charge in [0.05, 0.1) is 17.7 Å². The third kappa shape index (κ3) is 5.23. The number of hydrogen-bond donors (Lipinski definition) is 2. The lowest BCUT2D eigenvalue weighted by Crippen LogP contribution is -2.04. The molecule has 0 aromatic heterocycles. The lowest BCUT2D eigenvalue weighted by atomic mass is 10.1. The third-order valence-corrected chi connectivity index (χ3v) is 5.41. The van der Waals surface area contributed by atoms with E-state index in [2.05, 4.69) is 21.2 Å². The predicted molar refractivity (Wildman–Crippen MR) is 117 cm³/mol. The van der Waals surface area contributed by atoms with Crippen LogP contribution >= 0.6 is 27.5 Å². The van der Waals surface area contributed by atoms with Gasteiger partial charge in [-0.1, -0.05) is 45.7 Å². The number of benzene rings is 3. The molecule has 8 heteroatoms. The minimum absolute atomic E-state index is 0.0430. The van der Waals surface area contributed by atoms with Crippen LogP contribution in [0.3, 0.4) is 0 Å². The maximum Gasteiger partial charge on any atom is 0.337 e. The van der Waals surface area contributed by atoms with Gasteiger partial charge < -0.3 is 19.9 Å². The molecule has 0 radical (unpaired) electrons. The Bertz CT molecular complexity index is 1080.